The van der Waals surface area contributed by atoms with E-state index in [0.717, 1.165) is 32.0 Å². The van der Waals surface area contributed by atoms with Crippen molar-refractivity contribution in [3.63, 3.8) is 0 Å². The Bertz CT molecular complexity index is 653. The van der Waals surface area contributed by atoms with Crippen molar-refractivity contribution in [1.29, 1.82) is 0 Å². The summed E-state index contributed by atoms with van der Waals surface area (Å²) in [6.45, 7) is 5.69. The Morgan fingerprint density at radius 2 is 2.11 bits per heavy atom. The second-order valence-corrected chi connectivity index (χ2v) is 4.86. The molecule has 102 valence electrons. The van der Waals surface area contributed by atoms with Crippen LogP contribution in [-0.2, 0) is 18.3 Å². The quantitative estimate of drug-likeness (QED) is 0.797. The van der Waals surface area contributed by atoms with E-state index < -0.39 is 0 Å². The molecule has 1 saturated heterocycles. The molecule has 0 aliphatic carbocycles. The zero-order valence-corrected chi connectivity index (χ0v) is 11.2. The van der Waals surface area contributed by atoms with Crippen LogP contribution in [0.1, 0.15) is 11.5 Å². The third-order valence-electron chi connectivity index (χ3n) is 3.57. The fourth-order valence-corrected chi connectivity index (χ4v) is 2.40. The van der Waals surface area contributed by atoms with Crippen molar-refractivity contribution in [2.75, 3.05) is 26.3 Å². The molecule has 1 aliphatic rings. The van der Waals surface area contributed by atoms with Crippen LogP contribution in [0.3, 0.4) is 0 Å². The lowest BCUT2D eigenvalue weighted by molar-refractivity contribution is 0.0310. The van der Waals surface area contributed by atoms with Crippen LogP contribution in [0.15, 0.2) is 15.3 Å². The van der Waals surface area contributed by atoms with Crippen molar-refractivity contribution in [3.05, 3.63) is 27.9 Å². The number of hydrogen-bond donors (Lipinski definition) is 0. The highest BCUT2D eigenvalue weighted by atomic mass is 16.5. The average Bonchev–Trinajstić information content (AvgIpc) is 2.66. The minimum absolute atomic E-state index is 0.300. The summed E-state index contributed by atoms with van der Waals surface area (Å²) in [4.78, 5) is 14.2. The van der Waals surface area contributed by atoms with Gasteiger partial charge < -0.3 is 9.15 Å². The van der Waals surface area contributed by atoms with Crippen LogP contribution in [0.4, 0.5) is 0 Å². The molecule has 0 spiro atoms. The van der Waals surface area contributed by atoms with Gasteiger partial charge in [-0.15, -0.1) is 0 Å². The molecule has 2 aromatic heterocycles. The number of ether oxygens (including phenoxy) is 1. The first-order valence-corrected chi connectivity index (χ1v) is 6.41. The highest BCUT2D eigenvalue weighted by Crippen LogP contribution is 2.15. The lowest BCUT2D eigenvalue weighted by atomic mass is 10.2. The molecule has 0 aromatic carbocycles. The van der Waals surface area contributed by atoms with Crippen LogP contribution in [-0.4, -0.2) is 41.0 Å². The standard InChI is InChI=1S/C13H17N3O3/c1-9-12-11(14-15(9)2)7-10(19-13(12)17)8-16-3-5-18-6-4-16/h7H,3-6,8H2,1-2H3. The molecule has 0 N–H and O–H groups in total. The first kappa shape index (κ1) is 12.4. The first-order chi connectivity index (χ1) is 9.15. The SMILES string of the molecule is Cc1c2c(=O)oc(CN3CCOCC3)cc2nn1C. The van der Waals surface area contributed by atoms with E-state index in [-0.39, 0.29) is 5.63 Å². The largest absolute Gasteiger partial charge is 0.426 e. The summed E-state index contributed by atoms with van der Waals surface area (Å²) in [7, 11) is 1.83. The van der Waals surface area contributed by atoms with E-state index in [1.807, 2.05) is 20.0 Å². The van der Waals surface area contributed by atoms with Crippen molar-refractivity contribution in [2.24, 2.45) is 7.05 Å². The number of aromatic nitrogens is 2. The van der Waals surface area contributed by atoms with Gasteiger partial charge in [-0.2, -0.15) is 5.10 Å². The van der Waals surface area contributed by atoms with Gasteiger partial charge in [0.2, 0.25) is 0 Å². The number of nitrogens with zero attached hydrogens (tertiary/aromatic N) is 3. The van der Waals surface area contributed by atoms with E-state index in [4.69, 9.17) is 9.15 Å². The van der Waals surface area contributed by atoms with Gasteiger partial charge in [0.1, 0.15) is 16.7 Å². The highest BCUT2D eigenvalue weighted by Gasteiger charge is 2.16. The van der Waals surface area contributed by atoms with Gasteiger partial charge in [-0.3, -0.25) is 9.58 Å². The van der Waals surface area contributed by atoms with Crippen LogP contribution in [0, 0.1) is 6.92 Å². The number of fused-ring (bicyclic) bond motifs is 1. The summed E-state index contributed by atoms with van der Waals surface area (Å²) in [6.07, 6.45) is 0. The minimum Gasteiger partial charge on any atom is -0.426 e. The molecule has 6 nitrogen and oxygen atoms in total. The summed E-state index contributed by atoms with van der Waals surface area (Å²) in [5.74, 6) is 0.664. The molecule has 3 heterocycles. The fourth-order valence-electron chi connectivity index (χ4n) is 2.40. The van der Waals surface area contributed by atoms with E-state index in [2.05, 4.69) is 10.00 Å². The average molecular weight is 263 g/mol. The number of aryl methyl sites for hydroxylation is 2. The zero-order chi connectivity index (χ0) is 13.4. The summed E-state index contributed by atoms with van der Waals surface area (Å²) >= 11 is 0. The van der Waals surface area contributed by atoms with Gasteiger partial charge in [0.15, 0.2) is 0 Å². The van der Waals surface area contributed by atoms with E-state index in [9.17, 15) is 4.79 Å². The molecule has 0 radical (unpaired) electrons. The second-order valence-electron chi connectivity index (χ2n) is 4.86. The topological polar surface area (TPSA) is 60.5 Å². The van der Waals surface area contributed by atoms with Gasteiger partial charge in [-0.1, -0.05) is 0 Å². The molecule has 1 aliphatic heterocycles. The molecule has 6 heteroatoms. The van der Waals surface area contributed by atoms with Crippen molar-refractivity contribution < 1.29 is 9.15 Å². The minimum atomic E-state index is -0.300. The fraction of sp³-hybridized carbons (Fsp3) is 0.538. The predicted molar refractivity (Wildman–Crippen MR) is 70.1 cm³/mol. The summed E-state index contributed by atoms with van der Waals surface area (Å²) in [6, 6.07) is 1.86. The first-order valence-electron chi connectivity index (χ1n) is 6.41. The van der Waals surface area contributed by atoms with Gasteiger partial charge >= 0.3 is 5.63 Å². The molecule has 0 saturated carbocycles. The van der Waals surface area contributed by atoms with Crippen LogP contribution >= 0.6 is 0 Å². The second kappa shape index (κ2) is 4.79. The smallest absolute Gasteiger partial charge is 0.347 e. The molecule has 19 heavy (non-hydrogen) atoms. The Morgan fingerprint density at radius 3 is 2.84 bits per heavy atom. The van der Waals surface area contributed by atoms with E-state index in [1.54, 1.807) is 4.68 Å². The zero-order valence-electron chi connectivity index (χ0n) is 11.2. The van der Waals surface area contributed by atoms with Crippen LogP contribution < -0.4 is 5.63 Å². The molecular weight excluding hydrogens is 246 g/mol. The lowest BCUT2D eigenvalue weighted by Gasteiger charge is -2.25. The Labute approximate surface area is 110 Å². The van der Waals surface area contributed by atoms with E-state index in [1.165, 1.54) is 0 Å². The molecule has 0 bridgehead atoms. The summed E-state index contributed by atoms with van der Waals surface area (Å²) < 4.78 is 12.4. The Balaban J connectivity index is 1.94. The number of morpholine rings is 1. The number of rotatable bonds is 2. The van der Waals surface area contributed by atoms with Crippen molar-refractivity contribution >= 4 is 10.9 Å². The van der Waals surface area contributed by atoms with Gasteiger partial charge in [0.25, 0.3) is 0 Å². The van der Waals surface area contributed by atoms with Crippen molar-refractivity contribution in [1.82, 2.24) is 14.7 Å². The van der Waals surface area contributed by atoms with Crippen molar-refractivity contribution in [2.45, 2.75) is 13.5 Å². The number of hydrogen-bond acceptors (Lipinski definition) is 5. The van der Waals surface area contributed by atoms with Gasteiger partial charge in [0.05, 0.1) is 25.5 Å². The summed E-state index contributed by atoms with van der Waals surface area (Å²) in [5, 5.41) is 4.92. The Kier molecular flexibility index (Phi) is 3.12. The van der Waals surface area contributed by atoms with E-state index >= 15 is 0 Å². The third kappa shape index (κ3) is 2.29. The van der Waals surface area contributed by atoms with E-state index in [0.29, 0.717) is 23.2 Å². The van der Waals surface area contributed by atoms with Crippen molar-refractivity contribution in [3.8, 4) is 0 Å². The maximum atomic E-state index is 12.0. The van der Waals surface area contributed by atoms with Crippen LogP contribution in [0.25, 0.3) is 10.9 Å². The molecule has 0 unspecified atom stereocenters. The molecule has 0 atom stereocenters. The highest BCUT2D eigenvalue weighted by molar-refractivity contribution is 5.79. The summed E-state index contributed by atoms with van der Waals surface area (Å²) in [5.41, 5.74) is 1.24. The van der Waals surface area contributed by atoms with Gasteiger partial charge in [0, 0.05) is 26.2 Å². The van der Waals surface area contributed by atoms with Crippen LogP contribution in [0.5, 0.6) is 0 Å². The predicted octanol–water partition coefficient (Wildman–Crippen LogP) is 0.667. The Morgan fingerprint density at radius 1 is 1.37 bits per heavy atom. The molecule has 0 amide bonds. The van der Waals surface area contributed by atoms with Gasteiger partial charge in [-0.25, -0.2) is 4.79 Å². The lowest BCUT2D eigenvalue weighted by Crippen LogP contribution is -2.35. The maximum absolute atomic E-state index is 12.0. The van der Waals surface area contributed by atoms with Gasteiger partial charge in [-0.05, 0) is 6.92 Å². The third-order valence-corrected chi connectivity index (χ3v) is 3.57. The van der Waals surface area contributed by atoms with Crippen LogP contribution in [0.2, 0.25) is 0 Å². The molecule has 1 fully saturated rings. The monoisotopic (exact) mass is 263 g/mol. The maximum Gasteiger partial charge on any atom is 0.347 e. The molecule has 2 aromatic rings. The Hall–Kier alpha value is -1.66. The normalized spacial score (nSPS) is 17.2. The molecular formula is C13H17N3O3. The molecule has 3 rings (SSSR count).